The van der Waals surface area contributed by atoms with Crippen LogP contribution in [0.5, 0.6) is 0 Å². The van der Waals surface area contributed by atoms with Gasteiger partial charge in [-0.3, -0.25) is 4.79 Å². The van der Waals surface area contributed by atoms with Gasteiger partial charge in [0.15, 0.2) is 0 Å². The van der Waals surface area contributed by atoms with E-state index in [1.54, 1.807) is 0 Å². The van der Waals surface area contributed by atoms with E-state index in [1.165, 1.54) is 12.1 Å². The van der Waals surface area contributed by atoms with Gasteiger partial charge in [0, 0.05) is 22.3 Å². The molecule has 2 rings (SSSR count). The van der Waals surface area contributed by atoms with Crippen LogP contribution in [-0.4, -0.2) is 4.98 Å². The highest BCUT2D eigenvalue weighted by atomic mass is 35.5. The number of halogens is 6. The highest BCUT2D eigenvalue weighted by Crippen LogP contribution is 2.40. The van der Waals surface area contributed by atoms with Crippen molar-refractivity contribution in [2.45, 2.75) is 6.18 Å². The molecule has 0 amide bonds. The molecule has 0 fully saturated rings. The second-order valence-corrected chi connectivity index (χ2v) is 5.06. The maximum Gasteiger partial charge on any atom is 0.422 e. The number of pyridine rings is 1. The molecule has 0 aliphatic carbocycles. The molecule has 1 aromatic carbocycles. The van der Waals surface area contributed by atoms with Crippen LogP contribution >= 0.6 is 34.8 Å². The quantitative estimate of drug-likeness (QED) is 0.725. The lowest BCUT2D eigenvalue weighted by molar-refractivity contribution is -0.138. The SMILES string of the molecule is O=c1[nH]ccc(-c2cc(Cl)c(Cl)cc2Cl)c1C(F)(F)F. The lowest BCUT2D eigenvalue weighted by Crippen LogP contribution is -2.22. The van der Waals surface area contributed by atoms with Gasteiger partial charge in [-0.1, -0.05) is 34.8 Å². The fraction of sp³-hybridized carbons (Fsp3) is 0.0833. The minimum atomic E-state index is -4.82. The number of nitrogens with one attached hydrogen (secondary N) is 1. The zero-order chi connectivity index (χ0) is 15.1. The van der Waals surface area contributed by atoms with Crippen LogP contribution in [0, 0.1) is 0 Å². The van der Waals surface area contributed by atoms with E-state index in [4.69, 9.17) is 34.8 Å². The van der Waals surface area contributed by atoms with Crippen molar-refractivity contribution < 1.29 is 13.2 Å². The van der Waals surface area contributed by atoms with Crippen molar-refractivity contribution in [3.8, 4) is 11.1 Å². The van der Waals surface area contributed by atoms with Crippen LogP contribution in [0.2, 0.25) is 15.1 Å². The summed E-state index contributed by atoms with van der Waals surface area (Å²) in [5.41, 5.74) is -2.96. The van der Waals surface area contributed by atoms with E-state index in [9.17, 15) is 18.0 Å². The maximum atomic E-state index is 13.0. The molecule has 0 unspecified atom stereocenters. The van der Waals surface area contributed by atoms with E-state index in [0.29, 0.717) is 0 Å². The Morgan fingerprint density at radius 1 is 0.950 bits per heavy atom. The van der Waals surface area contributed by atoms with Crippen LogP contribution in [-0.2, 0) is 6.18 Å². The summed E-state index contributed by atoms with van der Waals surface area (Å²) < 4.78 is 39.0. The van der Waals surface area contributed by atoms with Crippen LogP contribution in [0.3, 0.4) is 0 Å². The fourth-order valence-corrected chi connectivity index (χ4v) is 2.36. The number of alkyl halides is 3. The molecule has 2 aromatic rings. The van der Waals surface area contributed by atoms with Gasteiger partial charge >= 0.3 is 6.18 Å². The molecule has 0 saturated carbocycles. The van der Waals surface area contributed by atoms with Crippen molar-refractivity contribution in [2.75, 3.05) is 0 Å². The van der Waals surface area contributed by atoms with Gasteiger partial charge in [0.2, 0.25) is 0 Å². The Bertz CT molecular complexity index is 725. The fourth-order valence-electron chi connectivity index (χ4n) is 1.71. The third-order valence-electron chi connectivity index (χ3n) is 2.54. The molecule has 0 radical (unpaired) electrons. The summed E-state index contributed by atoms with van der Waals surface area (Å²) in [6, 6.07) is 3.52. The summed E-state index contributed by atoms with van der Waals surface area (Å²) in [7, 11) is 0. The van der Waals surface area contributed by atoms with Crippen molar-refractivity contribution in [1.82, 2.24) is 4.98 Å². The maximum absolute atomic E-state index is 13.0. The van der Waals surface area contributed by atoms with Crippen LogP contribution in [0.4, 0.5) is 13.2 Å². The number of hydrogen-bond donors (Lipinski definition) is 1. The number of aromatic nitrogens is 1. The zero-order valence-corrected chi connectivity index (χ0v) is 11.8. The van der Waals surface area contributed by atoms with E-state index < -0.39 is 17.3 Å². The molecule has 0 aliphatic heterocycles. The first-order valence-corrected chi connectivity index (χ1v) is 6.29. The number of aromatic amines is 1. The Labute approximate surface area is 126 Å². The minimum absolute atomic E-state index is 0.0144. The van der Waals surface area contributed by atoms with Crippen molar-refractivity contribution in [3.63, 3.8) is 0 Å². The summed E-state index contributed by atoms with van der Waals surface area (Å²) in [6.45, 7) is 0. The normalized spacial score (nSPS) is 11.7. The molecule has 8 heteroatoms. The van der Waals surface area contributed by atoms with E-state index in [0.717, 1.165) is 12.3 Å². The van der Waals surface area contributed by atoms with Gasteiger partial charge < -0.3 is 4.98 Å². The monoisotopic (exact) mass is 341 g/mol. The highest BCUT2D eigenvalue weighted by Gasteiger charge is 2.37. The van der Waals surface area contributed by atoms with Gasteiger partial charge in [0.05, 0.1) is 10.0 Å². The molecule has 106 valence electrons. The Hall–Kier alpha value is -1.17. The molecule has 1 heterocycles. The molecule has 1 N–H and O–H groups in total. The van der Waals surface area contributed by atoms with Crippen molar-refractivity contribution >= 4 is 34.8 Å². The summed E-state index contributed by atoms with van der Waals surface area (Å²) in [5.74, 6) is 0. The summed E-state index contributed by atoms with van der Waals surface area (Å²) in [4.78, 5) is 13.4. The van der Waals surface area contributed by atoms with Gasteiger partial charge in [-0.2, -0.15) is 13.2 Å². The molecule has 0 spiro atoms. The van der Waals surface area contributed by atoms with Crippen molar-refractivity contribution in [3.05, 3.63) is 55.4 Å². The predicted molar refractivity (Wildman–Crippen MR) is 72.5 cm³/mol. The van der Waals surface area contributed by atoms with Crippen LogP contribution in [0.25, 0.3) is 11.1 Å². The van der Waals surface area contributed by atoms with Gasteiger partial charge in [0.1, 0.15) is 5.56 Å². The Balaban J connectivity index is 2.81. The third-order valence-corrected chi connectivity index (χ3v) is 3.58. The number of hydrogen-bond acceptors (Lipinski definition) is 1. The second-order valence-electron chi connectivity index (χ2n) is 3.84. The number of rotatable bonds is 1. The average molecular weight is 343 g/mol. The molecule has 0 saturated heterocycles. The first-order chi connectivity index (χ1) is 9.21. The molecule has 2 nitrogen and oxygen atoms in total. The molecule has 1 aromatic heterocycles. The highest BCUT2D eigenvalue weighted by molar-refractivity contribution is 6.44. The number of H-pyrrole nitrogens is 1. The van der Waals surface area contributed by atoms with Crippen molar-refractivity contribution in [1.29, 1.82) is 0 Å². The summed E-state index contributed by atoms with van der Waals surface area (Å²) >= 11 is 17.4. The van der Waals surface area contributed by atoms with Crippen molar-refractivity contribution in [2.24, 2.45) is 0 Å². The topological polar surface area (TPSA) is 32.9 Å². The van der Waals surface area contributed by atoms with Crippen LogP contribution in [0.1, 0.15) is 5.56 Å². The smallest absolute Gasteiger partial charge is 0.329 e. The van der Waals surface area contributed by atoms with E-state index in [-0.39, 0.29) is 26.2 Å². The molecular formula is C12H5Cl3F3NO. The van der Waals surface area contributed by atoms with Gasteiger partial charge in [-0.15, -0.1) is 0 Å². The van der Waals surface area contributed by atoms with E-state index >= 15 is 0 Å². The first kappa shape index (κ1) is 15.2. The molecule has 0 bridgehead atoms. The lowest BCUT2D eigenvalue weighted by Gasteiger charge is -2.13. The summed E-state index contributed by atoms with van der Waals surface area (Å²) in [5, 5.41) is 0.119. The second kappa shape index (κ2) is 5.31. The Morgan fingerprint density at radius 3 is 2.15 bits per heavy atom. The van der Waals surface area contributed by atoms with Crippen LogP contribution < -0.4 is 5.56 Å². The van der Waals surface area contributed by atoms with Gasteiger partial charge in [0.25, 0.3) is 5.56 Å². The Kier molecular flexibility index (Phi) is 4.04. The zero-order valence-electron chi connectivity index (χ0n) is 9.49. The van der Waals surface area contributed by atoms with Crippen LogP contribution in [0.15, 0.2) is 29.2 Å². The molecular weight excluding hydrogens is 337 g/mol. The number of benzene rings is 1. The van der Waals surface area contributed by atoms with E-state index in [1.807, 2.05) is 4.98 Å². The first-order valence-electron chi connectivity index (χ1n) is 5.15. The molecule has 20 heavy (non-hydrogen) atoms. The summed E-state index contributed by atoms with van der Waals surface area (Å²) in [6.07, 6.45) is -3.72. The largest absolute Gasteiger partial charge is 0.422 e. The Morgan fingerprint density at radius 2 is 1.55 bits per heavy atom. The van der Waals surface area contributed by atoms with Gasteiger partial charge in [-0.25, -0.2) is 0 Å². The average Bonchev–Trinajstić information content (AvgIpc) is 2.32. The van der Waals surface area contributed by atoms with Gasteiger partial charge in [-0.05, 0) is 18.2 Å². The standard InChI is InChI=1S/C12H5Cl3F3NO/c13-7-4-9(15)8(14)3-6(7)5-1-2-19-11(20)10(5)12(16,17)18/h1-4H,(H,19,20). The van der Waals surface area contributed by atoms with E-state index in [2.05, 4.69) is 0 Å². The predicted octanol–water partition coefficient (Wildman–Crippen LogP) is 5.02. The lowest BCUT2D eigenvalue weighted by atomic mass is 10.0. The molecule has 0 atom stereocenters. The minimum Gasteiger partial charge on any atom is -0.329 e. The third kappa shape index (κ3) is 2.80. The molecule has 0 aliphatic rings.